The minimum Gasteiger partial charge on any atom is -0.355 e. The summed E-state index contributed by atoms with van der Waals surface area (Å²) in [4.78, 5) is 30.9. The van der Waals surface area contributed by atoms with Crippen molar-refractivity contribution in [1.82, 2.24) is 10.3 Å². The standard InChI is InChI=1S/C10H10F2N2O.CO2/c1-5-6(2-14-10(5)15)9-7(11)3-13-4-8(9)12;2-1-3/h3-6H,2H2,1H3,(H,14,15);/t5-,6+;/m0./s1. The first-order valence-corrected chi connectivity index (χ1v) is 5.08. The van der Waals surface area contributed by atoms with Crippen LogP contribution in [-0.4, -0.2) is 23.6 Å². The van der Waals surface area contributed by atoms with Crippen molar-refractivity contribution in [1.29, 1.82) is 0 Å². The van der Waals surface area contributed by atoms with Crippen molar-refractivity contribution in [3.05, 3.63) is 29.6 Å². The van der Waals surface area contributed by atoms with Gasteiger partial charge >= 0.3 is 6.15 Å². The Morgan fingerprint density at radius 1 is 1.33 bits per heavy atom. The van der Waals surface area contributed by atoms with Crippen LogP contribution in [0.3, 0.4) is 0 Å². The highest BCUT2D eigenvalue weighted by Crippen LogP contribution is 2.31. The van der Waals surface area contributed by atoms with Gasteiger partial charge in [0, 0.05) is 23.9 Å². The normalized spacial score (nSPS) is 21.6. The van der Waals surface area contributed by atoms with Crippen LogP contribution < -0.4 is 5.32 Å². The Bertz CT molecular complexity index is 467. The molecule has 2 atom stereocenters. The Kier molecular flexibility index (Phi) is 4.62. The monoisotopic (exact) mass is 256 g/mol. The Hall–Kier alpha value is -2.14. The summed E-state index contributed by atoms with van der Waals surface area (Å²) in [5.41, 5.74) is -0.0455. The molecule has 96 valence electrons. The molecule has 1 N–H and O–H groups in total. The van der Waals surface area contributed by atoms with Crippen LogP contribution in [0.5, 0.6) is 0 Å². The summed E-state index contributed by atoms with van der Waals surface area (Å²) in [6.07, 6.45) is 2.18. The first-order chi connectivity index (χ1) is 8.52. The second-order valence-corrected chi connectivity index (χ2v) is 3.74. The van der Waals surface area contributed by atoms with E-state index in [4.69, 9.17) is 9.59 Å². The molecule has 2 heterocycles. The average molecular weight is 256 g/mol. The van der Waals surface area contributed by atoms with E-state index in [-0.39, 0.29) is 24.2 Å². The number of carbonyl (C=O) groups excluding carboxylic acids is 3. The molecule has 1 aromatic rings. The minimum absolute atomic E-state index is 0.0455. The van der Waals surface area contributed by atoms with Crippen molar-refractivity contribution in [2.24, 2.45) is 5.92 Å². The molecule has 7 heteroatoms. The molecule has 0 saturated carbocycles. The topological polar surface area (TPSA) is 76.1 Å². The fraction of sp³-hybridized carbons (Fsp3) is 0.364. The SMILES string of the molecule is C[C@@H]1C(=O)NC[C@H]1c1c(F)cncc1F.O=C=O. The molecule has 0 unspecified atom stereocenters. The fourth-order valence-corrected chi connectivity index (χ4v) is 1.86. The van der Waals surface area contributed by atoms with E-state index in [1.807, 2.05) is 0 Å². The number of rotatable bonds is 1. The maximum Gasteiger partial charge on any atom is 0.373 e. The highest BCUT2D eigenvalue weighted by atomic mass is 19.1. The molecule has 1 amide bonds. The second kappa shape index (κ2) is 5.97. The van der Waals surface area contributed by atoms with E-state index in [1.54, 1.807) is 6.92 Å². The zero-order valence-corrected chi connectivity index (χ0v) is 9.44. The summed E-state index contributed by atoms with van der Waals surface area (Å²) in [6, 6.07) is 0. The third kappa shape index (κ3) is 2.75. The Morgan fingerprint density at radius 3 is 2.22 bits per heavy atom. The summed E-state index contributed by atoms with van der Waals surface area (Å²) < 4.78 is 26.7. The van der Waals surface area contributed by atoms with Gasteiger partial charge in [0.1, 0.15) is 11.6 Å². The Balaban J connectivity index is 0.000000492. The number of nitrogens with one attached hydrogen (secondary N) is 1. The molecule has 2 rings (SSSR count). The van der Waals surface area contributed by atoms with E-state index in [0.29, 0.717) is 0 Å². The number of pyridine rings is 1. The van der Waals surface area contributed by atoms with Crippen LogP contribution in [0.1, 0.15) is 18.4 Å². The number of carbonyl (C=O) groups is 1. The van der Waals surface area contributed by atoms with E-state index in [9.17, 15) is 13.6 Å². The molecular weight excluding hydrogens is 246 g/mol. The van der Waals surface area contributed by atoms with Gasteiger partial charge in [0.2, 0.25) is 5.91 Å². The Labute approximate surface area is 101 Å². The van der Waals surface area contributed by atoms with Crippen molar-refractivity contribution in [2.45, 2.75) is 12.8 Å². The summed E-state index contributed by atoms with van der Waals surface area (Å²) in [5, 5.41) is 2.58. The van der Waals surface area contributed by atoms with Crippen LogP contribution in [0.4, 0.5) is 8.78 Å². The number of hydrogen-bond acceptors (Lipinski definition) is 4. The molecule has 0 radical (unpaired) electrons. The van der Waals surface area contributed by atoms with Crippen molar-refractivity contribution in [3.63, 3.8) is 0 Å². The summed E-state index contributed by atoms with van der Waals surface area (Å²) in [5.74, 6) is -2.40. The van der Waals surface area contributed by atoms with Crippen LogP contribution in [-0.2, 0) is 14.4 Å². The highest BCUT2D eigenvalue weighted by Gasteiger charge is 2.35. The predicted octanol–water partition coefficient (Wildman–Crippen LogP) is 0.626. The van der Waals surface area contributed by atoms with Gasteiger partial charge in [-0.1, -0.05) is 6.92 Å². The van der Waals surface area contributed by atoms with Gasteiger partial charge in [0.05, 0.1) is 12.4 Å². The zero-order valence-electron chi connectivity index (χ0n) is 9.44. The van der Waals surface area contributed by atoms with Crippen molar-refractivity contribution in [2.75, 3.05) is 6.54 Å². The summed E-state index contributed by atoms with van der Waals surface area (Å²) in [7, 11) is 0. The average Bonchev–Trinajstić information content (AvgIpc) is 2.62. The van der Waals surface area contributed by atoms with Gasteiger partial charge in [0.15, 0.2) is 0 Å². The van der Waals surface area contributed by atoms with Gasteiger partial charge in [-0.3, -0.25) is 9.78 Å². The fourth-order valence-electron chi connectivity index (χ4n) is 1.86. The van der Waals surface area contributed by atoms with E-state index >= 15 is 0 Å². The van der Waals surface area contributed by atoms with Gasteiger partial charge in [-0.15, -0.1) is 0 Å². The molecule has 1 fully saturated rings. The molecule has 0 aromatic carbocycles. The lowest BCUT2D eigenvalue weighted by molar-refractivity contribution is -0.191. The number of nitrogens with zero attached hydrogens (tertiary/aromatic N) is 1. The van der Waals surface area contributed by atoms with Crippen LogP contribution in [0, 0.1) is 17.6 Å². The van der Waals surface area contributed by atoms with E-state index < -0.39 is 23.5 Å². The van der Waals surface area contributed by atoms with E-state index in [1.165, 1.54) is 0 Å². The first kappa shape index (κ1) is 13.9. The Morgan fingerprint density at radius 2 is 1.83 bits per heavy atom. The van der Waals surface area contributed by atoms with Gasteiger partial charge in [-0.2, -0.15) is 9.59 Å². The van der Waals surface area contributed by atoms with Gasteiger partial charge in [-0.25, -0.2) is 8.78 Å². The largest absolute Gasteiger partial charge is 0.373 e. The van der Waals surface area contributed by atoms with E-state index in [0.717, 1.165) is 12.4 Å². The van der Waals surface area contributed by atoms with Crippen LogP contribution in [0.2, 0.25) is 0 Å². The molecule has 18 heavy (non-hydrogen) atoms. The number of aromatic nitrogens is 1. The second-order valence-electron chi connectivity index (χ2n) is 3.74. The number of halogens is 2. The molecular formula is C11H10F2N2O3. The van der Waals surface area contributed by atoms with Crippen LogP contribution in [0.15, 0.2) is 12.4 Å². The molecule has 1 saturated heterocycles. The molecule has 0 bridgehead atoms. The zero-order chi connectivity index (χ0) is 13.7. The lowest BCUT2D eigenvalue weighted by Gasteiger charge is -2.13. The van der Waals surface area contributed by atoms with Crippen LogP contribution >= 0.6 is 0 Å². The van der Waals surface area contributed by atoms with Crippen LogP contribution in [0.25, 0.3) is 0 Å². The lowest BCUT2D eigenvalue weighted by atomic mass is 9.90. The molecule has 0 aliphatic carbocycles. The third-order valence-corrected chi connectivity index (χ3v) is 2.77. The number of hydrogen-bond donors (Lipinski definition) is 1. The number of amides is 1. The first-order valence-electron chi connectivity index (χ1n) is 5.08. The molecule has 1 aliphatic rings. The van der Waals surface area contributed by atoms with Crippen molar-refractivity contribution < 1.29 is 23.2 Å². The van der Waals surface area contributed by atoms with Crippen molar-refractivity contribution in [3.8, 4) is 0 Å². The third-order valence-electron chi connectivity index (χ3n) is 2.77. The molecule has 1 aromatic heterocycles. The quantitative estimate of drug-likeness (QED) is 0.799. The van der Waals surface area contributed by atoms with Crippen molar-refractivity contribution >= 4 is 12.1 Å². The summed E-state index contributed by atoms with van der Waals surface area (Å²) in [6.45, 7) is 1.93. The summed E-state index contributed by atoms with van der Waals surface area (Å²) >= 11 is 0. The van der Waals surface area contributed by atoms with Gasteiger partial charge in [-0.05, 0) is 0 Å². The predicted molar refractivity (Wildman–Crippen MR) is 54.1 cm³/mol. The van der Waals surface area contributed by atoms with E-state index in [2.05, 4.69) is 10.3 Å². The molecule has 5 nitrogen and oxygen atoms in total. The lowest BCUT2D eigenvalue weighted by Crippen LogP contribution is -2.17. The minimum atomic E-state index is -0.691. The maximum atomic E-state index is 13.4. The smallest absolute Gasteiger partial charge is 0.355 e. The molecule has 0 spiro atoms. The highest BCUT2D eigenvalue weighted by molar-refractivity contribution is 5.82. The van der Waals surface area contributed by atoms with Gasteiger partial charge < -0.3 is 5.32 Å². The maximum absolute atomic E-state index is 13.4. The van der Waals surface area contributed by atoms with Gasteiger partial charge in [0.25, 0.3) is 0 Å². The molecule has 1 aliphatic heterocycles.